The van der Waals surface area contributed by atoms with Crippen LogP contribution < -0.4 is 5.32 Å². The second-order valence-electron chi connectivity index (χ2n) is 6.26. The smallest absolute Gasteiger partial charge is 0.407 e. The summed E-state index contributed by atoms with van der Waals surface area (Å²) >= 11 is 0. The highest BCUT2D eigenvalue weighted by atomic mass is 16.6. The molecule has 0 aliphatic carbocycles. The van der Waals surface area contributed by atoms with Gasteiger partial charge in [-0.15, -0.1) is 0 Å². The van der Waals surface area contributed by atoms with E-state index in [-0.39, 0.29) is 11.7 Å². The largest absolute Gasteiger partial charge is 0.508 e. The van der Waals surface area contributed by atoms with Crippen LogP contribution in [0.1, 0.15) is 39.2 Å². The SMILES string of the molecule is C[C@H](CNC(=O)OC(C)(C)C)c1c[nH]c2cc(O)ccc12. The molecule has 2 aromatic rings. The van der Waals surface area contributed by atoms with Crippen molar-refractivity contribution in [2.75, 3.05) is 6.54 Å². The Balaban J connectivity index is 2.02. The van der Waals surface area contributed by atoms with Gasteiger partial charge in [0.1, 0.15) is 11.4 Å². The summed E-state index contributed by atoms with van der Waals surface area (Å²) in [7, 11) is 0. The summed E-state index contributed by atoms with van der Waals surface area (Å²) in [5, 5.41) is 13.3. The van der Waals surface area contributed by atoms with Crippen LogP contribution in [0.3, 0.4) is 0 Å². The lowest BCUT2D eigenvalue weighted by molar-refractivity contribution is 0.0525. The maximum absolute atomic E-state index is 11.7. The normalized spacial score (nSPS) is 13.1. The molecule has 0 spiro atoms. The van der Waals surface area contributed by atoms with Crippen molar-refractivity contribution in [3.63, 3.8) is 0 Å². The van der Waals surface area contributed by atoms with E-state index in [1.165, 1.54) is 0 Å². The molecule has 1 aromatic carbocycles. The summed E-state index contributed by atoms with van der Waals surface area (Å²) in [6.45, 7) is 8.03. The van der Waals surface area contributed by atoms with Crippen molar-refractivity contribution in [3.8, 4) is 5.75 Å². The number of rotatable bonds is 3. The third kappa shape index (κ3) is 3.90. The number of hydrogen-bond donors (Lipinski definition) is 3. The standard InChI is InChI=1S/C16H22N2O3/c1-10(8-18-15(20)21-16(2,3)4)13-9-17-14-7-11(19)5-6-12(13)14/h5-7,9-10,17,19H,8H2,1-4H3,(H,18,20)/t10-/m1/s1. The minimum atomic E-state index is -0.494. The van der Waals surface area contributed by atoms with Crippen LogP contribution in [0, 0.1) is 0 Å². The third-order valence-corrected chi connectivity index (χ3v) is 3.18. The summed E-state index contributed by atoms with van der Waals surface area (Å²) in [5.74, 6) is 0.367. The highest BCUT2D eigenvalue weighted by molar-refractivity contribution is 5.85. The highest BCUT2D eigenvalue weighted by Gasteiger charge is 2.17. The van der Waals surface area contributed by atoms with Gasteiger partial charge in [-0.1, -0.05) is 6.92 Å². The van der Waals surface area contributed by atoms with E-state index < -0.39 is 11.7 Å². The molecule has 1 amide bonds. The highest BCUT2D eigenvalue weighted by Crippen LogP contribution is 2.27. The Morgan fingerprint density at radius 2 is 2.14 bits per heavy atom. The number of nitrogens with one attached hydrogen (secondary N) is 2. The fourth-order valence-electron chi connectivity index (χ4n) is 2.20. The molecule has 3 N–H and O–H groups in total. The van der Waals surface area contributed by atoms with Crippen molar-refractivity contribution in [1.82, 2.24) is 10.3 Å². The first-order valence-electron chi connectivity index (χ1n) is 7.03. The van der Waals surface area contributed by atoms with Crippen molar-refractivity contribution in [2.45, 2.75) is 39.2 Å². The van der Waals surface area contributed by atoms with E-state index in [0.717, 1.165) is 16.5 Å². The molecule has 2 rings (SSSR count). The van der Waals surface area contributed by atoms with E-state index in [9.17, 15) is 9.90 Å². The maximum Gasteiger partial charge on any atom is 0.407 e. The first kappa shape index (κ1) is 15.2. The van der Waals surface area contributed by atoms with Gasteiger partial charge in [0.15, 0.2) is 0 Å². The Morgan fingerprint density at radius 1 is 1.43 bits per heavy atom. The first-order chi connectivity index (χ1) is 9.76. The van der Waals surface area contributed by atoms with Gasteiger partial charge in [-0.2, -0.15) is 0 Å². The van der Waals surface area contributed by atoms with Crippen LogP contribution in [-0.2, 0) is 4.74 Å². The fourth-order valence-corrected chi connectivity index (χ4v) is 2.20. The molecule has 0 radical (unpaired) electrons. The van der Waals surface area contributed by atoms with E-state index in [2.05, 4.69) is 10.3 Å². The number of hydrogen-bond acceptors (Lipinski definition) is 3. The Morgan fingerprint density at radius 3 is 2.81 bits per heavy atom. The lowest BCUT2D eigenvalue weighted by atomic mass is 10.0. The summed E-state index contributed by atoms with van der Waals surface area (Å²) < 4.78 is 5.22. The summed E-state index contributed by atoms with van der Waals surface area (Å²) in [4.78, 5) is 14.8. The van der Waals surface area contributed by atoms with Gasteiger partial charge in [-0.25, -0.2) is 4.79 Å². The summed E-state index contributed by atoms with van der Waals surface area (Å²) in [5.41, 5.74) is 1.49. The van der Waals surface area contributed by atoms with E-state index in [4.69, 9.17) is 4.74 Å². The van der Waals surface area contributed by atoms with Gasteiger partial charge in [0, 0.05) is 35.6 Å². The van der Waals surface area contributed by atoms with Gasteiger partial charge in [0.2, 0.25) is 0 Å². The molecule has 5 heteroatoms. The van der Waals surface area contributed by atoms with Crippen LogP contribution in [0.15, 0.2) is 24.4 Å². The van der Waals surface area contributed by atoms with Crippen molar-refractivity contribution < 1.29 is 14.6 Å². The van der Waals surface area contributed by atoms with E-state index in [1.54, 1.807) is 12.1 Å². The lowest BCUT2D eigenvalue weighted by Crippen LogP contribution is -2.34. The lowest BCUT2D eigenvalue weighted by Gasteiger charge is -2.20. The Kier molecular flexibility index (Phi) is 4.11. The molecule has 5 nitrogen and oxygen atoms in total. The van der Waals surface area contributed by atoms with Crippen LogP contribution >= 0.6 is 0 Å². The average molecular weight is 290 g/mol. The predicted octanol–water partition coefficient (Wildman–Crippen LogP) is 3.50. The molecule has 0 saturated carbocycles. The Hall–Kier alpha value is -2.17. The second kappa shape index (κ2) is 5.68. The minimum absolute atomic E-state index is 0.135. The van der Waals surface area contributed by atoms with Gasteiger partial charge >= 0.3 is 6.09 Å². The number of carbonyl (C=O) groups is 1. The van der Waals surface area contributed by atoms with Crippen molar-refractivity contribution in [2.24, 2.45) is 0 Å². The van der Waals surface area contributed by atoms with Crippen LogP contribution in [-0.4, -0.2) is 28.3 Å². The van der Waals surface area contributed by atoms with Crippen LogP contribution in [0.25, 0.3) is 10.9 Å². The molecule has 0 aliphatic rings. The number of amides is 1. The number of aromatic hydroxyl groups is 1. The number of phenolic OH excluding ortho intramolecular Hbond substituents is 1. The van der Waals surface area contributed by atoms with Gasteiger partial charge in [0.25, 0.3) is 0 Å². The molecule has 1 atom stereocenters. The van der Waals surface area contributed by atoms with E-state index in [1.807, 2.05) is 40.0 Å². The molecular weight excluding hydrogens is 268 g/mol. The van der Waals surface area contributed by atoms with E-state index in [0.29, 0.717) is 6.54 Å². The fraction of sp³-hybridized carbons (Fsp3) is 0.438. The zero-order valence-corrected chi connectivity index (χ0v) is 12.9. The van der Waals surface area contributed by atoms with Crippen LogP contribution in [0.5, 0.6) is 5.75 Å². The predicted molar refractivity (Wildman–Crippen MR) is 82.6 cm³/mol. The quantitative estimate of drug-likeness (QED) is 0.810. The number of carbonyl (C=O) groups excluding carboxylic acids is 1. The molecule has 21 heavy (non-hydrogen) atoms. The first-order valence-corrected chi connectivity index (χ1v) is 7.03. The number of benzene rings is 1. The number of ether oxygens (including phenoxy) is 1. The molecule has 1 aromatic heterocycles. The molecule has 0 bridgehead atoms. The number of phenols is 1. The summed E-state index contributed by atoms with van der Waals surface area (Å²) in [6.07, 6.45) is 1.50. The number of H-pyrrole nitrogens is 1. The molecule has 1 heterocycles. The summed E-state index contributed by atoms with van der Waals surface area (Å²) in [6, 6.07) is 5.22. The monoisotopic (exact) mass is 290 g/mol. The molecule has 0 saturated heterocycles. The molecule has 0 fully saturated rings. The third-order valence-electron chi connectivity index (χ3n) is 3.18. The van der Waals surface area contributed by atoms with Gasteiger partial charge in [-0.3, -0.25) is 0 Å². The number of aromatic amines is 1. The maximum atomic E-state index is 11.7. The topological polar surface area (TPSA) is 74.3 Å². The van der Waals surface area contributed by atoms with Crippen molar-refractivity contribution >= 4 is 17.0 Å². The van der Waals surface area contributed by atoms with Crippen LogP contribution in [0.4, 0.5) is 4.79 Å². The van der Waals surface area contributed by atoms with Gasteiger partial charge in [-0.05, 0) is 38.5 Å². The van der Waals surface area contributed by atoms with Gasteiger partial charge in [0.05, 0.1) is 0 Å². The zero-order valence-electron chi connectivity index (χ0n) is 12.9. The number of aromatic nitrogens is 1. The molecule has 0 unspecified atom stereocenters. The number of fused-ring (bicyclic) bond motifs is 1. The van der Waals surface area contributed by atoms with E-state index >= 15 is 0 Å². The molecule has 114 valence electrons. The minimum Gasteiger partial charge on any atom is -0.508 e. The van der Waals surface area contributed by atoms with Crippen LogP contribution in [0.2, 0.25) is 0 Å². The number of alkyl carbamates (subject to hydrolysis) is 1. The van der Waals surface area contributed by atoms with Crippen molar-refractivity contribution in [3.05, 3.63) is 30.0 Å². The Bertz CT molecular complexity index is 640. The zero-order chi connectivity index (χ0) is 15.6. The van der Waals surface area contributed by atoms with Crippen molar-refractivity contribution in [1.29, 1.82) is 0 Å². The molecule has 0 aliphatic heterocycles. The Labute approximate surface area is 124 Å². The van der Waals surface area contributed by atoms with Gasteiger partial charge < -0.3 is 20.1 Å². The average Bonchev–Trinajstić information content (AvgIpc) is 2.76. The second-order valence-corrected chi connectivity index (χ2v) is 6.26. The molecular formula is C16H22N2O3.